The van der Waals surface area contributed by atoms with Crippen molar-refractivity contribution in [3.8, 4) is 22.8 Å². The maximum absolute atomic E-state index is 5.43. The zero-order valence-corrected chi connectivity index (χ0v) is 15.7. The molecule has 0 atom stereocenters. The van der Waals surface area contributed by atoms with Crippen molar-refractivity contribution in [1.82, 2.24) is 24.7 Å². The molecule has 0 amide bonds. The van der Waals surface area contributed by atoms with E-state index < -0.39 is 0 Å². The third-order valence-corrected chi connectivity index (χ3v) is 4.70. The van der Waals surface area contributed by atoms with E-state index in [1.807, 2.05) is 36.0 Å². The maximum atomic E-state index is 5.43. The molecule has 1 aromatic carbocycles. The van der Waals surface area contributed by atoms with Gasteiger partial charge >= 0.3 is 0 Å². The van der Waals surface area contributed by atoms with E-state index in [1.54, 1.807) is 38.4 Å². The Morgan fingerprint density at radius 2 is 2.12 bits per heavy atom. The molecule has 3 aromatic rings. The van der Waals surface area contributed by atoms with E-state index in [0.717, 1.165) is 22.2 Å². The lowest BCUT2D eigenvalue weighted by Crippen LogP contribution is -2.09. The molecule has 0 aliphatic rings. The first-order valence-corrected chi connectivity index (χ1v) is 8.96. The number of benzene rings is 1. The molecule has 26 heavy (non-hydrogen) atoms. The maximum Gasteiger partial charge on any atom is 0.243 e. The summed E-state index contributed by atoms with van der Waals surface area (Å²) in [6, 6.07) is 5.56. The van der Waals surface area contributed by atoms with Crippen LogP contribution in [0.2, 0.25) is 0 Å². The Bertz CT molecular complexity index is 870. The lowest BCUT2D eigenvalue weighted by Gasteiger charge is -2.10. The topological polar surface area (TPSA) is 87.0 Å². The molecule has 8 nitrogen and oxygen atoms in total. The van der Waals surface area contributed by atoms with Crippen LogP contribution in [0, 0.1) is 0 Å². The Balaban J connectivity index is 1.65. The van der Waals surface area contributed by atoms with Crippen LogP contribution in [0.5, 0.6) is 11.5 Å². The van der Waals surface area contributed by atoms with Gasteiger partial charge in [-0.25, -0.2) is 9.97 Å². The molecule has 2 heterocycles. The smallest absolute Gasteiger partial charge is 0.243 e. The molecule has 0 spiro atoms. The predicted octanol–water partition coefficient (Wildman–Crippen LogP) is 2.49. The van der Waals surface area contributed by atoms with Gasteiger partial charge in [-0.05, 0) is 12.1 Å². The van der Waals surface area contributed by atoms with Crippen molar-refractivity contribution < 1.29 is 9.47 Å². The first-order chi connectivity index (χ1) is 12.7. The average molecular weight is 372 g/mol. The highest BCUT2D eigenvalue weighted by Crippen LogP contribution is 2.32. The third-order valence-electron chi connectivity index (χ3n) is 3.64. The highest BCUT2D eigenvalue weighted by atomic mass is 32.2. The fraction of sp³-hybridized carbons (Fsp3) is 0.294. The number of imidazole rings is 1. The summed E-state index contributed by atoms with van der Waals surface area (Å²) in [5.74, 6) is 2.70. The van der Waals surface area contributed by atoms with Crippen LogP contribution in [0.15, 0.2) is 41.9 Å². The Labute approximate surface area is 156 Å². The third kappa shape index (κ3) is 4.23. The zero-order chi connectivity index (χ0) is 18.4. The van der Waals surface area contributed by atoms with Gasteiger partial charge in [-0.2, -0.15) is 5.10 Å². The van der Waals surface area contributed by atoms with Gasteiger partial charge in [0.15, 0.2) is 5.16 Å². The largest absolute Gasteiger partial charge is 0.497 e. The van der Waals surface area contributed by atoms with Crippen LogP contribution >= 0.6 is 11.8 Å². The number of ether oxygens (including phenoxy) is 2. The lowest BCUT2D eigenvalue weighted by molar-refractivity contribution is 0.395. The van der Waals surface area contributed by atoms with Gasteiger partial charge in [0.05, 0.1) is 26.1 Å². The van der Waals surface area contributed by atoms with Crippen molar-refractivity contribution in [3.05, 3.63) is 36.8 Å². The van der Waals surface area contributed by atoms with E-state index in [4.69, 9.17) is 9.47 Å². The molecule has 2 aromatic heterocycles. The SMILES string of the molecule is COc1ccc(-c2cnnc(NCCSc3nccn3C)n2)c(OC)c1. The average Bonchev–Trinajstić information content (AvgIpc) is 3.09. The summed E-state index contributed by atoms with van der Waals surface area (Å²) in [5.41, 5.74) is 1.51. The quantitative estimate of drug-likeness (QED) is 0.477. The van der Waals surface area contributed by atoms with Gasteiger partial charge in [-0.3, -0.25) is 0 Å². The monoisotopic (exact) mass is 372 g/mol. The summed E-state index contributed by atoms with van der Waals surface area (Å²) < 4.78 is 12.6. The lowest BCUT2D eigenvalue weighted by atomic mass is 10.1. The van der Waals surface area contributed by atoms with Gasteiger partial charge in [0.2, 0.25) is 5.95 Å². The fourth-order valence-corrected chi connectivity index (χ4v) is 3.10. The summed E-state index contributed by atoms with van der Waals surface area (Å²) in [7, 11) is 5.20. The minimum Gasteiger partial charge on any atom is -0.497 e. The van der Waals surface area contributed by atoms with Crippen molar-refractivity contribution in [1.29, 1.82) is 0 Å². The summed E-state index contributed by atoms with van der Waals surface area (Å²) in [6.07, 6.45) is 5.32. The number of hydrogen-bond acceptors (Lipinski definition) is 8. The molecule has 0 bridgehead atoms. The van der Waals surface area contributed by atoms with Gasteiger partial charge in [-0.1, -0.05) is 11.8 Å². The van der Waals surface area contributed by atoms with Crippen LogP contribution in [0.1, 0.15) is 0 Å². The fourth-order valence-electron chi connectivity index (χ4n) is 2.31. The van der Waals surface area contributed by atoms with Crippen LogP contribution in [0.4, 0.5) is 5.95 Å². The van der Waals surface area contributed by atoms with E-state index in [2.05, 4.69) is 25.5 Å². The first-order valence-electron chi connectivity index (χ1n) is 7.97. The second-order valence-corrected chi connectivity index (χ2v) is 6.39. The van der Waals surface area contributed by atoms with E-state index in [1.165, 1.54) is 0 Å². The highest BCUT2D eigenvalue weighted by Gasteiger charge is 2.11. The van der Waals surface area contributed by atoms with E-state index >= 15 is 0 Å². The molecule has 0 unspecified atom stereocenters. The predicted molar refractivity (Wildman–Crippen MR) is 101 cm³/mol. The number of nitrogens with one attached hydrogen (secondary N) is 1. The molecule has 0 aliphatic carbocycles. The van der Waals surface area contributed by atoms with E-state index in [0.29, 0.717) is 23.9 Å². The van der Waals surface area contributed by atoms with Gasteiger partial charge in [0, 0.05) is 43.4 Å². The van der Waals surface area contributed by atoms with Crippen molar-refractivity contribution >= 4 is 17.7 Å². The van der Waals surface area contributed by atoms with Crippen LogP contribution in [-0.2, 0) is 7.05 Å². The number of methoxy groups -OCH3 is 2. The van der Waals surface area contributed by atoms with Gasteiger partial charge in [0.1, 0.15) is 11.5 Å². The minimum absolute atomic E-state index is 0.473. The molecule has 0 saturated carbocycles. The Hall–Kier alpha value is -2.81. The Morgan fingerprint density at radius 1 is 1.23 bits per heavy atom. The Morgan fingerprint density at radius 3 is 2.85 bits per heavy atom. The molecular formula is C17H20N6O2S. The normalized spacial score (nSPS) is 10.6. The van der Waals surface area contributed by atoms with E-state index in [-0.39, 0.29) is 0 Å². The highest BCUT2D eigenvalue weighted by molar-refractivity contribution is 7.99. The molecule has 0 radical (unpaired) electrons. The summed E-state index contributed by atoms with van der Waals surface area (Å²) >= 11 is 1.66. The summed E-state index contributed by atoms with van der Waals surface area (Å²) in [4.78, 5) is 8.80. The standard InChI is InChI=1S/C17H20N6O2S/c1-23-8-6-19-17(23)26-9-7-18-16-21-14(11-20-22-16)13-5-4-12(24-2)10-15(13)25-3/h4-6,8,10-11H,7,9H2,1-3H3,(H,18,21,22). The van der Waals surface area contributed by atoms with Gasteiger partial charge in [-0.15, -0.1) is 5.10 Å². The molecule has 0 aliphatic heterocycles. The molecule has 3 rings (SSSR count). The molecule has 1 N–H and O–H groups in total. The van der Waals surface area contributed by atoms with Crippen LogP contribution in [0.3, 0.4) is 0 Å². The first kappa shape index (κ1) is 18.0. The van der Waals surface area contributed by atoms with E-state index in [9.17, 15) is 0 Å². The number of thioether (sulfide) groups is 1. The van der Waals surface area contributed by atoms with Crippen LogP contribution in [-0.4, -0.2) is 51.2 Å². The summed E-state index contributed by atoms with van der Waals surface area (Å²) in [5, 5.41) is 12.2. The van der Waals surface area contributed by atoms with Gasteiger partial charge in [0.25, 0.3) is 0 Å². The molecule has 0 saturated heterocycles. The van der Waals surface area contributed by atoms with Crippen molar-refractivity contribution in [2.75, 3.05) is 31.8 Å². The van der Waals surface area contributed by atoms with Gasteiger partial charge < -0.3 is 19.4 Å². The number of nitrogens with zero attached hydrogens (tertiary/aromatic N) is 5. The molecule has 136 valence electrons. The van der Waals surface area contributed by atoms with Crippen LogP contribution in [0.25, 0.3) is 11.3 Å². The number of aryl methyl sites for hydroxylation is 1. The molecule has 9 heteroatoms. The van der Waals surface area contributed by atoms with Crippen LogP contribution < -0.4 is 14.8 Å². The number of aromatic nitrogens is 5. The number of anilines is 1. The number of rotatable bonds is 8. The van der Waals surface area contributed by atoms with Crippen molar-refractivity contribution in [2.24, 2.45) is 7.05 Å². The Kier molecular flexibility index (Phi) is 5.90. The number of hydrogen-bond donors (Lipinski definition) is 1. The van der Waals surface area contributed by atoms with Crippen molar-refractivity contribution in [2.45, 2.75) is 5.16 Å². The zero-order valence-electron chi connectivity index (χ0n) is 14.8. The molecular weight excluding hydrogens is 352 g/mol. The second-order valence-electron chi connectivity index (χ2n) is 5.33. The van der Waals surface area contributed by atoms with Crippen molar-refractivity contribution in [3.63, 3.8) is 0 Å². The second kappa shape index (κ2) is 8.52. The minimum atomic E-state index is 0.473. The molecule has 0 fully saturated rings. The summed E-state index contributed by atoms with van der Waals surface area (Å²) in [6.45, 7) is 0.697.